The maximum absolute atomic E-state index is 12.3. The van der Waals surface area contributed by atoms with E-state index in [1.165, 1.54) is 43.7 Å². The summed E-state index contributed by atoms with van der Waals surface area (Å²) in [6, 6.07) is 17.1. The summed E-state index contributed by atoms with van der Waals surface area (Å²) in [6.07, 6.45) is 1.26. The molecule has 0 spiro atoms. The number of ether oxygens (including phenoxy) is 2. The number of hydrazone groups is 1. The van der Waals surface area contributed by atoms with E-state index in [0.29, 0.717) is 16.9 Å². The van der Waals surface area contributed by atoms with Crippen LogP contribution in [0.2, 0.25) is 0 Å². The SMILES string of the molecule is COc1ccc(C(=O)Oc2ccc(C=NNC(=O)c3cccc(C)c3)cc2[N+](=O)[O-])cc1. The highest BCUT2D eigenvalue weighted by atomic mass is 16.6. The third-order valence-electron chi connectivity index (χ3n) is 4.37. The number of esters is 1. The Labute approximate surface area is 183 Å². The van der Waals surface area contributed by atoms with Gasteiger partial charge in [-0.15, -0.1) is 0 Å². The van der Waals surface area contributed by atoms with Gasteiger partial charge < -0.3 is 9.47 Å². The van der Waals surface area contributed by atoms with Crippen molar-refractivity contribution in [2.24, 2.45) is 5.10 Å². The van der Waals surface area contributed by atoms with Crippen molar-refractivity contribution in [2.45, 2.75) is 6.92 Å². The van der Waals surface area contributed by atoms with Gasteiger partial charge in [0.1, 0.15) is 5.75 Å². The maximum atomic E-state index is 12.3. The molecule has 1 N–H and O–H groups in total. The summed E-state index contributed by atoms with van der Waals surface area (Å²) < 4.78 is 10.2. The monoisotopic (exact) mass is 433 g/mol. The first-order valence-electron chi connectivity index (χ1n) is 9.42. The Morgan fingerprint density at radius 1 is 1.03 bits per heavy atom. The number of hydrogen-bond donors (Lipinski definition) is 1. The first-order chi connectivity index (χ1) is 15.4. The minimum absolute atomic E-state index is 0.211. The lowest BCUT2D eigenvalue weighted by Crippen LogP contribution is -2.17. The van der Waals surface area contributed by atoms with Gasteiger partial charge >= 0.3 is 11.7 Å². The molecule has 0 saturated carbocycles. The second kappa shape index (κ2) is 9.98. The second-order valence-electron chi connectivity index (χ2n) is 6.67. The standard InChI is InChI=1S/C23H19N3O6/c1-15-4-3-5-18(12-15)22(27)25-24-14-16-6-11-21(20(13-16)26(29)30)32-23(28)17-7-9-19(31-2)10-8-17/h3-14H,1-2H3,(H,25,27). The average molecular weight is 433 g/mol. The zero-order valence-corrected chi connectivity index (χ0v) is 17.3. The van der Waals surface area contributed by atoms with Crippen LogP contribution >= 0.6 is 0 Å². The molecular formula is C23H19N3O6. The molecule has 162 valence electrons. The van der Waals surface area contributed by atoms with Gasteiger partial charge in [0.25, 0.3) is 5.91 Å². The van der Waals surface area contributed by atoms with E-state index >= 15 is 0 Å². The number of rotatable bonds is 7. The molecule has 32 heavy (non-hydrogen) atoms. The normalized spacial score (nSPS) is 10.6. The van der Waals surface area contributed by atoms with E-state index in [2.05, 4.69) is 10.5 Å². The van der Waals surface area contributed by atoms with Crippen LogP contribution in [-0.2, 0) is 0 Å². The zero-order valence-electron chi connectivity index (χ0n) is 17.3. The van der Waals surface area contributed by atoms with Gasteiger partial charge in [0, 0.05) is 17.2 Å². The fourth-order valence-corrected chi connectivity index (χ4v) is 2.75. The number of nitrogens with zero attached hydrogens (tertiary/aromatic N) is 2. The lowest BCUT2D eigenvalue weighted by molar-refractivity contribution is -0.385. The summed E-state index contributed by atoms with van der Waals surface area (Å²) in [4.78, 5) is 35.2. The minimum Gasteiger partial charge on any atom is -0.497 e. The van der Waals surface area contributed by atoms with Gasteiger partial charge in [-0.1, -0.05) is 17.7 Å². The Kier molecular flexibility index (Phi) is 6.92. The van der Waals surface area contributed by atoms with Crippen LogP contribution < -0.4 is 14.9 Å². The molecule has 9 nitrogen and oxygen atoms in total. The minimum atomic E-state index is -0.748. The van der Waals surface area contributed by atoms with Crippen molar-refractivity contribution in [3.8, 4) is 11.5 Å². The number of amides is 1. The van der Waals surface area contributed by atoms with Crippen molar-refractivity contribution in [1.29, 1.82) is 0 Å². The largest absolute Gasteiger partial charge is 0.497 e. The van der Waals surface area contributed by atoms with Gasteiger partial charge in [-0.2, -0.15) is 5.10 Å². The Balaban J connectivity index is 1.72. The van der Waals surface area contributed by atoms with Crippen LogP contribution in [-0.4, -0.2) is 30.1 Å². The highest BCUT2D eigenvalue weighted by molar-refractivity contribution is 5.95. The summed E-state index contributed by atoms with van der Waals surface area (Å²) >= 11 is 0. The van der Waals surface area contributed by atoms with Crippen molar-refractivity contribution in [3.63, 3.8) is 0 Å². The molecule has 3 aromatic rings. The van der Waals surface area contributed by atoms with E-state index in [1.54, 1.807) is 30.3 Å². The van der Waals surface area contributed by atoms with Crippen molar-refractivity contribution < 1.29 is 24.0 Å². The fraction of sp³-hybridized carbons (Fsp3) is 0.0870. The van der Waals surface area contributed by atoms with Crippen LogP contribution in [0, 0.1) is 17.0 Å². The lowest BCUT2D eigenvalue weighted by Gasteiger charge is -2.06. The van der Waals surface area contributed by atoms with Crippen molar-refractivity contribution >= 4 is 23.8 Å². The quantitative estimate of drug-likeness (QED) is 0.198. The lowest BCUT2D eigenvalue weighted by atomic mass is 10.1. The fourth-order valence-electron chi connectivity index (χ4n) is 2.75. The number of nitrogens with one attached hydrogen (secondary N) is 1. The number of carbonyl (C=O) groups is 2. The maximum Gasteiger partial charge on any atom is 0.343 e. The van der Waals surface area contributed by atoms with E-state index in [1.807, 2.05) is 13.0 Å². The molecule has 9 heteroatoms. The number of nitro benzene ring substituents is 1. The third-order valence-corrected chi connectivity index (χ3v) is 4.37. The van der Waals surface area contributed by atoms with Crippen LogP contribution in [0.1, 0.15) is 31.8 Å². The Hall–Kier alpha value is -4.53. The molecule has 0 radical (unpaired) electrons. The summed E-state index contributed by atoms with van der Waals surface area (Å²) in [6.45, 7) is 1.86. The van der Waals surface area contributed by atoms with Crippen molar-refractivity contribution in [3.05, 3.63) is 99.1 Å². The summed E-state index contributed by atoms with van der Waals surface area (Å²) in [5.74, 6) is -0.811. The second-order valence-corrected chi connectivity index (χ2v) is 6.67. The molecule has 0 saturated heterocycles. The molecule has 0 unspecified atom stereocenters. The molecule has 1 amide bonds. The highest BCUT2D eigenvalue weighted by Gasteiger charge is 2.19. The molecule has 0 aromatic heterocycles. The molecule has 0 heterocycles. The molecule has 0 atom stereocenters. The molecule has 0 aliphatic heterocycles. The number of benzene rings is 3. The summed E-state index contributed by atoms with van der Waals surface area (Å²) in [7, 11) is 1.50. The number of hydrogen-bond acceptors (Lipinski definition) is 7. The summed E-state index contributed by atoms with van der Waals surface area (Å²) in [5, 5.41) is 15.3. The van der Waals surface area contributed by atoms with Gasteiger partial charge in [-0.3, -0.25) is 14.9 Å². The molecular weight excluding hydrogens is 414 g/mol. The Morgan fingerprint density at radius 2 is 1.78 bits per heavy atom. The van der Waals surface area contributed by atoms with Crippen LogP contribution in [0.5, 0.6) is 11.5 Å². The van der Waals surface area contributed by atoms with E-state index in [4.69, 9.17) is 9.47 Å². The van der Waals surface area contributed by atoms with Crippen LogP contribution in [0.3, 0.4) is 0 Å². The first-order valence-corrected chi connectivity index (χ1v) is 9.42. The van der Waals surface area contributed by atoms with Crippen LogP contribution in [0.15, 0.2) is 71.8 Å². The molecule has 0 aliphatic carbocycles. The molecule has 0 fully saturated rings. The number of carbonyl (C=O) groups excluding carboxylic acids is 2. The number of methoxy groups -OCH3 is 1. The van der Waals surface area contributed by atoms with E-state index in [9.17, 15) is 19.7 Å². The highest BCUT2D eigenvalue weighted by Crippen LogP contribution is 2.28. The van der Waals surface area contributed by atoms with Gasteiger partial charge in [-0.05, 0) is 55.5 Å². The summed E-state index contributed by atoms with van der Waals surface area (Å²) in [5.41, 5.74) is 3.87. The van der Waals surface area contributed by atoms with E-state index in [0.717, 1.165) is 5.56 Å². The Morgan fingerprint density at radius 3 is 2.44 bits per heavy atom. The Bertz CT molecular complexity index is 1190. The molecule has 0 aliphatic rings. The van der Waals surface area contributed by atoms with Crippen LogP contribution in [0.4, 0.5) is 5.69 Å². The molecule has 0 bridgehead atoms. The predicted octanol–water partition coefficient (Wildman–Crippen LogP) is 3.89. The van der Waals surface area contributed by atoms with Crippen molar-refractivity contribution in [1.82, 2.24) is 5.43 Å². The first kappa shape index (κ1) is 22.2. The topological polar surface area (TPSA) is 120 Å². The zero-order chi connectivity index (χ0) is 23.1. The molecule has 3 aromatic carbocycles. The van der Waals surface area contributed by atoms with Gasteiger partial charge in [0.05, 0.1) is 23.8 Å². The number of aryl methyl sites for hydroxylation is 1. The average Bonchev–Trinajstić information content (AvgIpc) is 2.79. The van der Waals surface area contributed by atoms with Gasteiger partial charge in [-0.25, -0.2) is 10.2 Å². The number of nitro groups is 1. The predicted molar refractivity (Wildman–Crippen MR) is 117 cm³/mol. The van der Waals surface area contributed by atoms with Crippen molar-refractivity contribution in [2.75, 3.05) is 7.11 Å². The van der Waals surface area contributed by atoms with E-state index in [-0.39, 0.29) is 11.3 Å². The third kappa shape index (κ3) is 5.54. The van der Waals surface area contributed by atoms with Gasteiger partial charge in [0.2, 0.25) is 5.75 Å². The smallest absolute Gasteiger partial charge is 0.343 e. The van der Waals surface area contributed by atoms with E-state index < -0.39 is 22.5 Å². The molecule has 3 rings (SSSR count). The van der Waals surface area contributed by atoms with Crippen LogP contribution in [0.25, 0.3) is 0 Å². The van der Waals surface area contributed by atoms with Gasteiger partial charge in [0.15, 0.2) is 0 Å².